The Balaban J connectivity index is 1.29. The minimum atomic E-state index is -0.570. The molecule has 0 spiro atoms. The SMILES string of the molecule is Nc1ncc(-c2nc(N3CCOCC3)c3ncn(CCNCc4ccc(C=CC(=O)NO)cc4)c3n2)cn1. The maximum absolute atomic E-state index is 11.1. The highest BCUT2D eigenvalue weighted by Crippen LogP contribution is 2.27. The number of aromatic nitrogens is 6. The third-order valence-corrected chi connectivity index (χ3v) is 6.06. The Bertz CT molecular complexity index is 1410. The highest BCUT2D eigenvalue weighted by molar-refractivity contribution is 5.90. The number of imidazole rings is 1. The van der Waals surface area contributed by atoms with E-state index in [0.717, 1.165) is 41.2 Å². The Kier molecular flexibility index (Phi) is 7.78. The molecule has 4 aromatic rings. The summed E-state index contributed by atoms with van der Waals surface area (Å²) in [5, 5.41) is 12.0. The maximum Gasteiger partial charge on any atom is 0.267 e. The van der Waals surface area contributed by atoms with Gasteiger partial charge in [0.1, 0.15) is 0 Å². The summed E-state index contributed by atoms with van der Waals surface area (Å²) in [5.74, 6) is 0.903. The first-order valence-electron chi connectivity index (χ1n) is 12.2. The molecular weight excluding hydrogens is 488 g/mol. The first-order chi connectivity index (χ1) is 18.6. The van der Waals surface area contributed by atoms with Crippen LogP contribution < -0.4 is 21.4 Å². The molecule has 196 valence electrons. The largest absolute Gasteiger partial charge is 0.378 e. The number of nitrogens with two attached hydrogens (primary N) is 1. The number of hydroxylamine groups is 1. The fourth-order valence-corrected chi connectivity index (χ4v) is 4.06. The van der Waals surface area contributed by atoms with Crippen molar-refractivity contribution in [1.82, 2.24) is 40.3 Å². The fraction of sp³-hybridized carbons (Fsp3) is 0.280. The number of rotatable bonds is 9. The lowest BCUT2D eigenvalue weighted by molar-refractivity contribution is -0.124. The van der Waals surface area contributed by atoms with Gasteiger partial charge in [-0.1, -0.05) is 24.3 Å². The second kappa shape index (κ2) is 11.7. The highest BCUT2D eigenvalue weighted by Gasteiger charge is 2.21. The summed E-state index contributed by atoms with van der Waals surface area (Å²) in [7, 11) is 0. The zero-order chi connectivity index (χ0) is 26.3. The van der Waals surface area contributed by atoms with Crippen LogP contribution >= 0.6 is 0 Å². The van der Waals surface area contributed by atoms with Crippen molar-refractivity contribution in [3.63, 3.8) is 0 Å². The molecule has 0 atom stereocenters. The van der Waals surface area contributed by atoms with Crippen LogP contribution in [-0.2, 0) is 22.6 Å². The average molecular weight is 517 g/mol. The summed E-state index contributed by atoms with van der Waals surface area (Å²) < 4.78 is 7.53. The molecule has 13 heteroatoms. The van der Waals surface area contributed by atoms with Crippen molar-refractivity contribution in [1.29, 1.82) is 0 Å². The molecule has 0 saturated carbocycles. The van der Waals surface area contributed by atoms with E-state index < -0.39 is 5.91 Å². The Labute approximate surface area is 218 Å². The molecule has 3 aromatic heterocycles. The normalized spacial score (nSPS) is 13.9. The Morgan fingerprint density at radius 2 is 1.87 bits per heavy atom. The average Bonchev–Trinajstić information content (AvgIpc) is 3.38. The summed E-state index contributed by atoms with van der Waals surface area (Å²) in [6.45, 7) is 4.74. The number of morpholine rings is 1. The van der Waals surface area contributed by atoms with E-state index in [4.69, 9.17) is 25.6 Å². The highest BCUT2D eigenvalue weighted by atomic mass is 16.5. The van der Waals surface area contributed by atoms with Crippen LogP contribution in [0.1, 0.15) is 11.1 Å². The molecule has 1 fully saturated rings. The molecular formula is C25H28N10O3. The number of hydrogen-bond donors (Lipinski definition) is 4. The summed E-state index contributed by atoms with van der Waals surface area (Å²) in [6, 6.07) is 7.79. The quantitative estimate of drug-likeness (QED) is 0.108. The van der Waals surface area contributed by atoms with Crippen LogP contribution in [0.25, 0.3) is 28.6 Å². The number of hydrogen-bond acceptors (Lipinski definition) is 11. The van der Waals surface area contributed by atoms with E-state index in [9.17, 15) is 4.79 Å². The van der Waals surface area contributed by atoms with Crippen LogP contribution in [0, 0.1) is 0 Å². The molecule has 4 heterocycles. The van der Waals surface area contributed by atoms with Gasteiger partial charge in [0.2, 0.25) is 5.95 Å². The van der Waals surface area contributed by atoms with Gasteiger partial charge in [-0.15, -0.1) is 0 Å². The summed E-state index contributed by atoms with van der Waals surface area (Å²) in [5.41, 5.74) is 11.4. The Morgan fingerprint density at radius 1 is 1.11 bits per heavy atom. The number of nitrogen functional groups attached to an aromatic ring is 1. The molecule has 5 rings (SSSR count). The molecule has 38 heavy (non-hydrogen) atoms. The van der Waals surface area contributed by atoms with Gasteiger partial charge in [0.05, 0.1) is 25.1 Å². The van der Waals surface area contributed by atoms with E-state index in [1.807, 2.05) is 28.8 Å². The van der Waals surface area contributed by atoms with Gasteiger partial charge in [0.25, 0.3) is 5.91 Å². The molecule has 0 aliphatic carbocycles. The van der Waals surface area contributed by atoms with E-state index in [-0.39, 0.29) is 5.95 Å². The molecule has 1 aliphatic heterocycles. The van der Waals surface area contributed by atoms with E-state index >= 15 is 0 Å². The third-order valence-electron chi connectivity index (χ3n) is 6.06. The van der Waals surface area contributed by atoms with Crippen molar-refractivity contribution in [2.24, 2.45) is 0 Å². The van der Waals surface area contributed by atoms with Crippen molar-refractivity contribution < 1.29 is 14.7 Å². The monoisotopic (exact) mass is 516 g/mol. The number of fused-ring (bicyclic) bond motifs is 1. The molecule has 1 saturated heterocycles. The van der Waals surface area contributed by atoms with Gasteiger partial charge >= 0.3 is 0 Å². The van der Waals surface area contributed by atoms with Crippen LogP contribution in [0.3, 0.4) is 0 Å². The lowest BCUT2D eigenvalue weighted by atomic mass is 10.1. The smallest absolute Gasteiger partial charge is 0.267 e. The van der Waals surface area contributed by atoms with Crippen molar-refractivity contribution >= 4 is 34.9 Å². The molecule has 1 amide bonds. The lowest BCUT2D eigenvalue weighted by Crippen LogP contribution is -2.37. The van der Waals surface area contributed by atoms with E-state index in [2.05, 4.69) is 25.2 Å². The van der Waals surface area contributed by atoms with Gasteiger partial charge in [-0.05, 0) is 17.2 Å². The molecule has 1 aliphatic rings. The summed E-state index contributed by atoms with van der Waals surface area (Å²) in [6.07, 6.45) is 7.93. The Morgan fingerprint density at radius 3 is 2.61 bits per heavy atom. The van der Waals surface area contributed by atoms with Gasteiger partial charge < -0.3 is 25.3 Å². The molecule has 13 nitrogen and oxygen atoms in total. The van der Waals surface area contributed by atoms with E-state index in [1.54, 1.807) is 30.3 Å². The van der Waals surface area contributed by atoms with E-state index in [0.29, 0.717) is 44.2 Å². The minimum Gasteiger partial charge on any atom is -0.378 e. The first-order valence-corrected chi connectivity index (χ1v) is 12.2. The number of nitrogens with one attached hydrogen (secondary N) is 2. The van der Waals surface area contributed by atoms with Gasteiger partial charge in [-0.25, -0.2) is 30.4 Å². The number of ether oxygens (including phenoxy) is 1. The van der Waals surface area contributed by atoms with Gasteiger partial charge in [0.15, 0.2) is 22.8 Å². The number of carbonyl (C=O) groups excluding carboxylic acids is 1. The predicted molar refractivity (Wildman–Crippen MR) is 141 cm³/mol. The van der Waals surface area contributed by atoms with Crippen molar-refractivity contribution in [2.45, 2.75) is 13.1 Å². The topological polar surface area (TPSA) is 169 Å². The molecule has 5 N–H and O–H groups in total. The summed E-state index contributed by atoms with van der Waals surface area (Å²) >= 11 is 0. The fourth-order valence-electron chi connectivity index (χ4n) is 4.06. The van der Waals surface area contributed by atoms with Crippen LogP contribution in [0.4, 0.5) is 11.8 Å². The van der Waals surface area contributed by atoms with Crippen LogP contribution in [0.15, 0.2) is 49.1 Å². The molecule has 0 bridgehead atoms. The summed E-state index contributed by atoms with van der Waals surface area (Å²) in [4.78, 5) is 35.7. The number of carbonyl (C=O) groups is 1. The molecule has 0 unspecified atom stereocenters. The van der Waals surface area contributed by atoms with Crippen LogP contribution in [-0.4, -0.2) is 73.4 Å². The number of anilines is 2. The Hall–Kier alpha value is -4.46. The lowest BCUT2D eigenvalue weighted by Gasteiger charge is -2.28. The van der Waals surface area contributed by atoms with Crippen molar-refractivity contribution in [3.05, 3.63) is 60.2 Å². The van der Waals surface area contributed by atoms with Crippen LogP contribution in [0.5, 0.6) is 0 Å². The predicted octanol–water partition coefficient (Wildman–Crippen LogP) is 1.01. The van der Waals surface area contributed by atoms with Crippen molar-refractivity contribution in [3.8, 4) is 11.4 Å². The van der Waals surface area contributed by atoms with Gasteiger partial charge in [0, 0.05) is 51.2 Å². The second-order valence-electron chi connectivity index (χ2n) is 8.64. The van der Waals surface area contributed by atoms with Crippen molar-refractivity contribution in [2.75, 3.05) is 43.5 Å². The standard InChI is InChI=1S/C25H28N10O3/c26-25-28-14-19(15-29-25)22-31-23(34-9-11-38-12-10-34)21-24(32-22)35(16-30-21)8-7-27-13-18-3-1-17(2-4-18)5-6-20(36)33-37/h1-6,14-16,27,37H,7-13H2,(H,33,36)(H2,26,28,29). The van der Waals surface area contributed by atoms with Crippen LogP contribution in [0.2, 0.25) is 0 Å². The maximum atomic E-state index is 11.1. The minimum absolute atomic E-state index is 0.194. The molecule has 1 aromatic carbocycles. The van der Waals surface area contributed by atoms with Gasteiger partial charge in [-0.2, -0.15) is 0 Å². The number of amides is 1. The van der Waals surface area contributed by atoms with Gasteiger partial charge in [-0.3, -0.25) is 10.0 Å². The number of benzene rings is 1. The first kappa shape index (κ1) is 25.2. The zero-order valence-electron chi connectivity index (χ0n) is 20.6. The molecule has 0 radical (unpaired) electrons. The number of nitrogens with zero attached hydrogens (tertiary/aromatic N) is 7. The zero-order valence-corrected chi connectivity index (χ0v) is 20.6. The second-order valence-corrected chi connectivity index (χ2v) is 8.64. The third kappa shape index (κ3) is 5.91. The van der Waals surface area contributed by atoms with E-state index in [1.165, 1.54) is 6.08 Å².